The number of Topliss-reactive ketones (excluding diaryl/α,β-unsaturated/α-hetero) is 1. The van der Waals surface area contributed by atoms with Crippen molar-refractivity contribution in [1.29, 1.82) is 0 Å². The average molecular weight is 156 g/mol. The van der Waals surface area contributed by atoms with Crippen LogP contribution < -0.4 is 51.4 Å². The molecule has 0 unspecified atom stereocenters. The van der Waals surface area contributed by atoms with E-state index < -0.39 is 0 Å². The summed E-state index contributed by atoms with van der Waals surface area (Å²) in [6.45, 7) is 5.71. The fourth-order valence-corrected chi connectivity index (χ4v) is 0.575. The first-order valence-corrected chi connectivity index (χ1v) is 2.62. The second kappa shape index (κ2) is 9.27. The van der Waals surface area contributed by atoms with E-state index in [1.54, 1.807) is 6.92 Å². The summed E-state index contributed by atoms with van der Waals surface area (Å²) in [6, 6.07) is 0. The fraction of sp³-hybridized carbons (Fsp3) is 0.833. The molecule has 0 radical (unpaired) electrons. The molecule has 0 aliphatic rings. The van der Waals surface area contributed by atoms with Gasteiger partial charge in [-0.3, -0.25) is 0 Å². The van der Waals surface area contributed by atoms with Crippen molar-refractivity contribution in [2.75, 3.05) is 0 Å². The van der Waals surface area contributed by atoms with Crippen LogP contribution in [-0.2, 0) is 4.79 Å². The largest absolute Gasteiger partial charge is 1.00 e. The van der Waals surface area contributed by atoms with Crippen molar-refractivity contribution in [1.82, 2.24) is 0 Å². The van der Waals surface area contributed by atoms with Gasteiger partial charge in [0.25, 0.3) is 0 Å². The normalized spacial score (nSPS) is 7.56. The summed E-state index contributed by atoms with van der Waals surface area (Å²) in [7, 11) is 0. The summed E-state index contributed by atoms with van der Waals surface area (Å²) < 4.78 is 0. The third-order valence-electron chi connectivity index (χ3n) is 0.696. The maximum atomic E-state index is 10.3. The van der Waals surface area contributed by atoms with Crippen LogP contribution in [0.2, 0.25) is 0 Å². The van der Waals surface area contributed by atoms with Crippen LogP contribution in [-0.4, -0.2) is 11.3 Å². The van der Waals surface area contributed by atoms with Gasteiger partial charge in [-0.1, -0.05) is 13.8 Å². The topological polar surface area (TPSA) is 47.1 Å². The van der Waals surface area contributed by atoms with Crippen LogP contribution in [0.1, 0.15) is 27.2 Å². The van der Waals surface area contributed by atoms with Crippen molar-refractivity contribution in [2.45, 2.75) is 27.2 Å². The number of rotatable bonds is 2. The van der Waals surface area contributed by atoms with Gasteiger partial charge in [-0.2, -0.15) is 0 Å². The molecule has 0 aliphatic carbocycles. The quantitative estimate of drug-likeness (QED) is 0.454. The maximum Gasteiger partial charge on any atom is 1.00 e. The smallest absolute Gasteiger partial charge is 0.870 e. The number of hydrogen-bond donors (Lipinski definition) is 0. The first-order valence-electron chi connectivity index (χ1n) is 2.62. The number of carbonyl (C=O) groups is 1. The third kappa shape index (κ3) is 17.6. The van der Waals surface area contributed by atoms with Crippen molar-refractivity contribution >= 4 is 5.78 Å². The summed E-state index contributed by atoms with van der Waals surface area (Å²) >= 11 is 0. The van der Waals surface area contributed by atoms with Gasteiger partial charge < -0.3 is 10.3 Å². The van der Waals surface area contributed by atoms with E-state index >= 15 is 0 Å². The SMILES string of the molecule is CC(=O)CC(C)C.[K+].[OH-]. The molecule has 9 heavy (non-hydrogen) atoms. The van der Waals surface area contributed by atoms with E-state index in [1.807, 2.05) is 13.8 Å². The Balaban J connectivity index is -0.000000180. The summed E-state index contributed by atoms with van der Waals surface area (Å²) in [5, 5.41) is 0. The number of carbonyl (C=O) groups excluding carboxylic acids is 1. The van der Waals surface area contributed by atoms with Crippen LogP contribution in [0, 0.1) is 5.92 Å². The van der Waals surface area contributed by atoms with E-state index in [0.717, 1.165) is 6.42 Å². The van der Waals surface area contributed by atoms with Gasteiger partial charge in [-0.05, 0) is 12.8 Å². The molecule has 0 atom stereocenters. The van der Waals surface area contributed by atoms with Gasteiger partial charge in [0.2, 0.25) is 0 Å². The summed E-state index contributed by atoms with van der Waals surface area (Å²) in [6.07, 6.45) is 0.722. The Bertz CT molecular complexity index is 71.5. The van der Waals surface area contributed by atoms with Crippen LogP contribution in [0.25, 0.3) is 0 Å². The van der Waals surface area contributed by atoms with Gasteiger partial charge in [0.05, 0.1) is 0 Å². The second-order valence-electron chi connectivity index (χ2n) is 2.30. The monoisotopic (exact) mass is 156 g/mol. The molecule has 0 rings (SSSR count). The molecule has 0 amide bonds. The molecular weight excluding hydrogens is 143 g/mol. The molecule has 0 spiro atoms. The van der Waals surface area contributed by atoms with Crippen molar-refractivity contribution in [3.05, 3.63) is 0 Å². The molecule has 50 valence electrons. The molecule has 0 fully saturated rings. The second-order valence-corrected chi connectivity index (χ2v) is 2.30. The molecular formula is C6H13KO2. The molecule has 0 saturated carbocycles. The zero-order valence-corrected chi connectivity index (χ0v) is 9.76. The van der Waals surface area contributed by atoms with Crippen LogP contribution in [0.3, 0.4) is 0 Å². The Labute approximate surface area is 99.1 Å². The molecule has 0 aromatic rings. The van der Waals surface area contributed by atoms with Crippen LogP contribution >= 0.6 is 0 Å². The zero-order valence-electron chi connectivity index (χ0n) is 6.64. The van der Waals surface area contributed by atoms with E-state index in [1.165, 1.54) is 0 Å². The molecule has 0 heterocycles. The first-order chi connectivity index (χ1) is 3.13. The first kappa shape index (κ1) is 16.7. The molecule has 3 heteroatoms. The van der Waals surface area contributed by atoms with Crippen molar-refractivity contribution < 1.29 is 61.7 Å². The molecule has 2 nitrogen and oxygen atoms in total. The van der Waals surface area contributed by atoms with Gasteiger partial charge in [0.1, 0.15) is 5.78 Å². The Kier molecular flexibility index (Phi) is 17.2. The average Bonchev–Trinajstić information content (AvgIpc) is 1.27. The van der Waals surface area contributed by atoms with Crippen molar-refractivity contribution in [2.24, 2.45) is 5.92 Å². The summed E-state index contributed by atoms with van der Waals surface area (Å²) in [4.78, 5) is 10.3. The van der Waals surface area contributed by atoms with Gasteiger partial charge in [-0.15, -0.1) is 0 Å². The predicted molar refractivity (Wildman–Crippen MR) is 32.1 cm³/mol. The van der Waals surface area contributed by atoms with Crippen molar-refractivity contribution in [3.63, 3.8) is 0 Å². The zero-order chi connectivity index (χ0) is 5.86. The fourth-order valence-electron chi connectivity index (χ4n) is 0.575. The molecule has 0 bridgehead atoms. The molecule has 0 aromatic heterocycles. The predicted octanol–water partition coefficient (Wildman–Crippen LogP) is -1.55. The van der Waals surface area contributed by atoms with Gasteiger partial charge in [-0.25, -0.2) is 0 Å². The van der Waals surface area contributed by atoms with Gasteiger partial charge in [0, 0.05) is 6.42 Å². The minimum Gasteiger partial charge on any atom is -0.870 e. The van der Waals surface area contributed by atoms with E-state index in [9.17, 15) is 4.79 Å². The van der Waals surface area contributed by atoms with Crippen LogP contribution in [0.15, 0.2) is 0 Å². The van der Waals surface area contributed by atoms with E-state index in [4.69, 9.17) is 0 Å². The third-order valence-corrected chi connectivity index (χ3v) is 0.696. The van der Waals surface area contributed by atoms with E-state index in [2.05, 4.69) is 0 Å². The molecule has 0 saturated heterocycles. The Hall–Kier alpha value is 1.27. The molecule has 0 aliphatic heterocycles. The van der Waals surface area contributed by atoms with Crippen LogP contribution in [0.4, 0.5) is 0 Å². The Morgan fingerprint density at radius 2 is 1.78 bits per heavy atom. The molecule has 1 N–H and O–H groups in total. The van der Waals surface area contributed by atoms with Gasteiger partial charge >= 0.3 is 51.4 Å². The van der Waals surface area contributed by atoms with Crippen LogP contribution in [0.5, 0.6) is 0 Å². The van der Waals surface area contributed by atoms with E-state index in [0.29, 0.717) is 5.92 Å². The minimum atomic E-state index is 0. The summed E-state index contributed by atoms with van der Waals surface area (Å²) in [5.74, 6) is 0.813. The molecule has 0 aromatic carbocycles. The number of hydrogen-bond acceptors (Lipinski definition) is 2. The summed E-state index contributed by atoms with van der Waals surface area (Å²) in [5.41, 5.74) is 0. The van der Waals surface area contributed by atoms with Gasteiger partial charge in [0.15, 0.2) is 0 Å². The Morgan fingerprint density at radius 1 is 1.44 bits per heavy atom. The standard InChI is InChI=1S/C6H12O.K.H2O/c1-5(2)4-6(3)7;;/h5H,4H2,1-3H3;;1H2/q;+1;/p-1. The van der Waals surface area contributed by atoms with Crippen molar-refractivity contribution in [3.8, 4) is 0 Å². The minimum absolute atomic E-state index is 0. The number of ketones is 1. The maximum absolute atomic E-state index is 10.3. The Morgan fingerprint density at radius 3 is 1.78 bits per heavy atom. The van der Waals surface area contributed by atoms with E-state index in [-0.39, 0.29) is 62.6 Å².